The lowest BCUT2D eigenvalue weighted by molar-refractivity contribution is -0.137. The number of rotatable bonds is 10. The number of hydrogen-bond donors (Lipinski definition) is 1. The molecule has 4 fully saturated rings. The third-order valence-electron chi connectivity index (χ3n) is 15.5. The molecule has 11 heteroatoms. The van der Waals surface area contributed by atoms with Crippen LogP contribution in [-0.4, -0.2) is 52.1 Å². The average molecular weight is 823 g/mol. The van der Waals surface area contributed by atoms with E-state index >= 15 is 16.8 Å². The van der Waals surface area contributed by atoms with Crippen LogP contribution >= 0.6 is 0 Å². The van der Waals surface area contributed by atoms with Crippen LogP contribution in [0.4, 0.5) is 0 Å². The van der Waals surface area contributed by atoms with Crippen LogP contribution in [0.25, 0.3) is 0 Å². The van der Waals surface area contributed by atoms with Gasteiger partial charge in [0.25, 0.3) is 0 Å². The Labute approximate surface area is 334 Å². The van der Waals surface area contributed by atoms with E-state index in [1.807, 2.05) is 52.0 Å². The zero-order valence-electron chi connectivity index (χ0n) is 33.5. The molecule has 3 aromatic rings. The lowest BCUT2D eigenvalue weighted by Crippen LogP contribution is -2.64. The molecule has 56 heavy (non-hydrogen) atoms. The van der Waals surface area contributed by atoms with Crippen LogP contribution in [0, 0.1) is 67.1 Å². The number of carboxylic acid groups (broad SMARTS) is 1. The summed E-state index contributed by atoms with van der Waals surface area (Å²) in [5, 5.41) is 7.32. The number of carboxylic acids is 1. The fourth-order valence-corrected chi connectivity index (χ4v) is 18.7. The third-order valence-corrected chi connectivity index (χ3v) is 22.4. The molecule has 0 spiro atoms. The Morgan fingerprint density at radius 1 is 0.679 bits per heavy atom. The van der Waals surface area contributed by atoms with Crippen molar-refractivity contribution in [1.29, 1.82) is 0 Å². The molecule has 11 atom stereocenters. The molecule has 0 aromatic heterocycles. The number of aliphatic carboxylic acids is 1. The summed E-state index contributed by atoms with van der Waals surface area (Å²) in [6.07, 6.45) is 3.64. The van der Waals surface area contributed by atoms with E-state index in [4.69, 9.17) is 0 Å². The van der Waals surface area contributed by atoms with Crippen molar-refractivity contribution in [3.8, 4) is 0 Å². The second-order valence-corrected chi connectivity index (χ2v) is 24.9. The number of sulfone groups is 3. The fraction of sp³-hybridized carbons (Fsp3) is 0.578. The Hall–Kier alpha value is -3.02. The van der Waals surface area contributed by atoms with Gasteiger partial charge < -0.3 is 5.11 Å². The zero-order valence-corrected chi connectivity index (χ0v) is 36.0. The van der Waals surface area contributed by atoms with Crippen LogP contribution < -0.4 is 0 Å². The van der Waals surface area contributed by atoms with E-state index in [1.165, 1.54) is 0 Å². The highest BCUT2D eigenvalue weighted by Crippen LogP contribution is 2.71. The predicted octanol–water partition coefficient (Wildman–Crippen LogP) is 8.82. The quantitative estimate of drug-likeness (QED) is 0.214. The minimum atomic E-state index is -3.95. The maximum Gasteiger partial charge on any atom is 0.303 e. The van der Waals surface area contributed by atoms with Gasteiger partial charge in [-0.25, -0.2) is 25.3 Å². The Morgan fingerprint density at radius 2 is 1.18 bits per heavy atom. The summed E-state index contributed by atoms with van der Waals surface area (Å²) in [6.45, 7) is 12.1. The summed E-state index contributed by atoms with van der Waals surface area (Å²) < 4.78 is 89.2. The molecule has 0 aliphatic heterocycles. The number of benzene rings is 3. The molecule has 4 aliphatic rings. The largest absolute Gasteiger partial charge is 0.481 e. The number of hydrogen-bond acceptors (Lipinski definition) is 7. The first-order valence-electron chi connectivity index (χ1n) is 20.4. The van der Waals surface area contributed by atoms with Crippen LogP contribution in [-0.2, 0) is 34.3 Å². The summed E-state index contributed by atoms with van der Waals surface area (Å²) in [5.41, 5.74) is 1.55. The Kier molecular flexibility index (Phi) is 10.8. The van der Waals surface area contributed by atoms with E-state index in [0.717, 1.165) is 16.7 Å². The van der Waals surface area contributed by atoms with Crippen molar-refractivity contribution in [3.63, 3.8) is 0 Å². The van der Waals surface area contributed by atoms with Gasteiger partial charge in [-0.1, -0.05) is 73.9 Å². The first-order valence-corrected chi connectivity index (χ1v) is 25.0. The minimum absolute atomic E-state index is 0.0172. The molecular formula is C45H58O8S3. The second kappa shape index (κ2) is 14.7. The fourth-order valence-electron chi connectivity index (χ4n) is 12.4. The SMILES string of the molecule is Cc1ccc(S(=O)(=O)C2CC[C@@]3(C)C(C2)CC(S(=O)(=O)c2ccc(C)cc2)[C@H]2[C@@H]4CC[C@H]([C@H](C)CCC(=O)O)[C@@]4(C)C(S(=O)(=O)c4ccc(C)cc4)C[C@@H]23)cc1. The zero-order chi connectivity index (χ0) is 40.6. The van der Waals surface area contributed by atoms with Crippen molar-refractivity contribution >= 4 is 35.5 Å². The van der Waals surface area contributed by atoms with Crippen molar-refractivity contribution in [1.82, 2.24) is 0 Å². The molecule has 0 heterocycles. The second-order valence-electron chi connectivity index (χ2n) is 18.4. The van der Waals surface area contributed by atoms with Crippen LogP contribution in [0.3, 0.4) is 0 Å². The van der Waals surface area contributed by atoms with E-state index in [0.29, 0.717) is 44.9 Å². The highest BCUT2D eigenvalue weighted by Gasteiger charge is 2.69. The van der Waals surface area contributed by atoms with Gasteiger partial charge >= 0.3 is 5.97 Å². The molecule has 0 radical (unpaired) electrons. The van der Waals surface area contributed by atoms with Gasteiger partial charge in [0.1, 0.15) is 0 Å². The van der Waals surface area contributed by atoms with E-state index in [9.17, 15) is 18.3 Å². The number of aryl methyl sites for hydroxylation is 3. The minimum Gasteiger partial charge on any atom is -0.481 e. The summed E-state index contributed by atoms with van der Waals surface area (Å²) in [4.78, 5) is 12.5. The molecule has 1 N–H and O–H groups in total. The van der Waals surface area contributed by atoms with Gasteiger partial charge in [0.05, 0.1) is 30.4 Å². The van der Waals surface area contributed by atoms with Gasteiger partial charge in [0.2, 0.25) is 0 Å². The first-order chi connectivity index (χ1) is 26.2. The van der Waals surface area contributed by atoms with Gasteiger partial charge in [0.15, 0.2) is 29.5 Å². The Balaban J connectivity index is 1.38. The molecule has 304 valence electrons. The summed E-state index contributed by atoms with van der Waals surface area (Å²) >= 11 is 0. The van der Waals surface area contributed by atoms with Crippen molar-refractivity contribution in [2.75, 3.05) is 0 Å². The summed E-state index contributed by atoms with van der Waals surface area (Å²) in [6, 6.07) is 20.9. The van der Waals surface area contributed by atoms with Crippen molar-refractivity contribution in [2.24, 2.45) is 46.3 Å². The molecule has 4 aliphatic carbocycles. The molecule has 0 amide bonds. The van der Waals surface area contributed by atoms with Crippen molar-refractivity contribution in [3.05, 3.63) is 89.5 Å². The van der Waals surface area contributed by atoms with E-state index < -0.39 is 62.1 Å². The van der Waals surface area contributed by atoms with Crippen molar-refractivity contribution in [2.45, 2.75) is 130 Å². The maximum atomic E-state index is 15.2. The molecule has 7 rings (SSSR count). The third kappa shape index (κ3) is 6.79. The van der Waals surface area contributed by atoms with E-state index in [-0.39, 0.29) is 63.0 Å². The molecule has 4 saturated carbocycles. The standard InChI is InChI=1S/C45H58O8S3/c1-28-7-14-33(15-8-28)54(48,49)36-23-24-44(5)32(25-36)26-40(55(50,51)34-16-9-29(2)10-17-34)43-38-21-20-37(31(4)13-22-42(46)47)45(38,6)41(27-39(43)44)56(52,53)35-18-11-30(3)12-19-35/h7-12,14-19,31-32,36-41,43H,13,20-27H2,1-6H3,(H,46,47)/t31-,32?,36?,37-,38+,39+,40?,41?,43+,44+,45-/m1/s1. The normalized spacial score (nSPS) is 33.8. The lowest BCUT2D eigenvalue weighted by Gasteiger charge is -2.64. The smallest absolute Gasteiger partial charge is 0.303 e. The monoisotopic (exact) mass is 822 g/mol. The van der Waals surface area contributed by atoms with Crippen LogP contribution in [0.5, 0.6) is 0 Å². The molecule has 8 nitrogen and oxygen atoms in total. The maximum absolute atomic E-state index is 15.2. The topological polar surface area (TPSA) is 140 Å². The number of fused-ring (bicyclic) bond motifs is 5. The Bertz CT molecular complexity index is 2280. The molecule has 0 saturated heterocycles. The molecular weight excluding hydrogens is 765 g/mol. The highest BCUT2D eigenvalue weighted by atomic mass is 32.2. The van der Waals surface area contributed by atoms with E-state index in [2.05, 4.69) is 13.8 Å². The predicted molar refractivity (Wildman–Crippen MR) is 218 cm³/mol. The highest BCUT2D eigenvalue weighted by molar-refractivity contribution is 7.92. The van der Waals surface area contributed by atoms with Gasteiger partial charge in [-0.2, -0.15) is 0 Å². The average Bonchev–Trinajstić information content (AvgIpc) is 3.51. The molecule has 0 bridgehead atoms. The Morgan fingerprint density at radius 3 is 1.70 bits per heavy atom. The molecule has 3 aromatic carbocycles. The van der Waals surface area contributed by atoms with Crippen molar-refractivity contribution < 1.29 is 35.2 Å². The molecule has 4 unspecified atom stereocenters. The lowest BCUT2D eigenvalue weighted by atomic mass is 9.44. The van der Waals surface area contributed by atoms with Crippen LogP contribution in [0.15, 0.2) is 87.5 Å². The van der Waals surface area contributed by atoms with Gasteiger partial charge in [0, 0.05) is 6.42 Å². The summed E-state index contributed by atoms with van der Waals surface area (Å²) in [7, 11) is -11.6. The van der Waals surface area contributed by atoms with Gasteiger partial charge in [-0.05, 0) is 155 Å². The van der Waals surface area contributed by atoms with E-state index in [1.54, 1.807) is 48.5 Å². The van der Waals surface area contributed by atoms with Gasteiger partial charge in [-0.3, -0.25) is 4.79 Å². The van der Waals surface area contributed by atoms with Gasteiger partial charge in [-0.15, -0.1) is 0 Å². The summed E-state index contributed by atoms with van der Waals surface area (Å²) in [5.74, 6) is -2.24. The van der Waals surface area contributed by atoms with Crippen LogP contribution in [0.1, 0.15) is 95.2 Å². The van der Waals surface area contributed by atoms with Crippen LogP contribution in [0.2, 0.25) is 0 Å². The number of carbonyl (C=O) groups is 1. The first kappa shape index (κ1) is 41.2.